The van der Waals surface area contributed by atoms with E-state index in [2.05, 4.69) is 45.8 Å². The molecule has 0 aliphatic rings. The van der Waals surface area contributed by atoms with E-state index in [0.29, 0.717) is 5.88 Å². The van der Waals surface area contributed by atoms with E-state index in [1.165, 1.54) is 5.56 Å². The molecule has 0 aromatic carbocycles. The number of aromatic nitrogens is 3. The quantitative estimate of drug-likeness (QED) is 0.775. The van der Waals surface area contributed by atoms with Gasteiger partial charge in [0.05, 0.1) is 5.69 Å². The van der Waals surface area contributed by atoms with Gasteiger partial charge in [-0.2, -0.15) is 5.10 Å². The molecule has 20 heavy (non-hydrogen) atoms. The Morgan fingerprint density at radius 3 is 2.25 bits per heavy atom. The average molecular weight is 292 g/mol. The van der Waals surface area contributed by atoms with Crippen molar-refractivity contribution in [3.05, 3.63) is 40.3 Å². The average Bonchev–Trinajstić information content (AvgIpc) is 2.65. The zero-order valence-electron chi connectivity index (χ0n) is 13.1. The number of alkyl halides is 1. The van der Waals surface area contributed by atoms with Crippen LogP contribution in [0.1, 0.15) is 49.0 Å². The van der Waals surface area contributed by atoms with Crippen molar-refractivity contribution in [1.29, 1.82) is 0 Å². The van der Waals surface area contributed by atoms with Gasteiger partial charge in [0.25, 0.3) is 0 Å². The van der Waals surface area contributed by atoms with Gasteiger partial charge in [0.2, 0.25) is 0 Å². The molecule has 0 fully saturated rings. The molecule has 0 saturated heterocycles. The SMILES string of the molecule is Cc1nn(-c2cc(CCl)cc(C(C)(C)C)n2)c(C)c1C. The number of halogens is 1. The number of hydrogen-bond donors (Lipinski definition) is 0. The van der Waals surface area contributed by atoms with Crippen LogP contribution in [0.25, 0.3) is 5.82 Å². The van der Waals surface area contributed by atoms with Gasteiger partial charge in [-0.05, 0) is 44.0 Å². The van der Waals surface area contributed by atoms with Crippen LogP contribution in [0.4, 0.5) is 0 Å². The molecular formula is C16H22ClN3. The van der Waals surface area contributed by atoms with Crippen LogP contribution in [-0.2, 0) is 11.3 Å². The van der Waals surface area contributed by atoms with Crippen LogP contribution in [0, 0.1) is 20.8 Å². The lowest BCUT2D eigenvalue weighted by molar-refractivity contribution is 0.564. The minimum atomic E-state index is -0.0119. The van der Waals surface area contributed by atoms with Crippen LogP contribution in [0.3, 0.4) is 0 Å². The summed E-state index contributed by atoms with van der Waals surface area (Å²) in [6, 6.07) is 4.09. The summed E-state index contributed by atoms with van der Waals surface area (Å²) in [7, 11) is 0. The molecule has 2 heterocycles. The summed E-state index contributed by atoms with van der Waals surface area (Å²) in [5.74, 6) is 1.33. The minimum Gasteiger partial charge on any atom is -0.233 e. The Kier molecular flexibility index (Phi) is 3.92. The molecule has 108 valence electrons. The van der Waals surface area contributed by atoms with Gasteiger partial charge in [0.15, 0.2) is 5.82 Å². The first-order valence-corrected chi connectivity index (χ1v) is 7.38. The van der Waals surface area contributed by atoms with Gasteiger partial charge >= 0.3 is 0 Å². The van der Waals surface area contributed by atoms with Gasteiger partial charge in [-0.25, -0.2) is 9.67 Å². The van der Waals surface area contributed by atoms with Crippen molar-refractivity contribution in [1.82, 2.24) is 14.8 Å². The normalized spacial score (nSPS) is 11.9. The lowest BCUT2D eigenvalue weighted by Gasteiger charge is -2.20. The lowest BCUT2D eigenvalue weighted by Crippen LogP contribution is -2.16. The molecule has 0 saturated carbocycles. The van der Waals surface area contributed by atoms with Gasteiger partial charge < -0.3 is 0 Å². The summed E-state index contributed by atoms with van der Waals surface area (Å²) in [5, 5.41) is 4.59. The summed E-state index contributed by atoms with van der Waals surface area (Å²) in [6.45, 7) is 12.6. The molecule has 0 amide bonds. The molecule has 0 radical (unpaired) electrons. The van der Waals surface area contributed by atoms with Gasteiger partial charge in [-0.3, -0.25) is 0 Å². The molecule has 0 atom stereocenters. The molecule has 0 aliphatic heterocycles. The third-order valence-corrected chi connectivity index (χ3v) is 3.97. The fraction of sp³-hybridized carbons (Fsp3) is 0.500. The maximum absolute atomic E-state index is 6.03. The van der Waals surface area contributed by atoms with Crippen molar-refractivity contribution in [2.24, 2.45) is 0 Å². The highest BCUT2D eigenvalue weighted by atomic mass is 35.5. The van der Waals surface area contributed by atoms with Crippen molar-refractivity contribution < 1.29 is 0 Å². The Bertz CT molecular complexity index is 636. The van der Waals surface area contributed by atoms with E-state index >= 15 is 0 Å². The molecule has 2 aromatic heterocycles. The second-order valence-electron chi connectivity index (χ2n) is 6.31. The molecule has 2 rings (SSSR count). The zero-order valence-corrected chi connectivity index (χ0v) is 13.8. The van der Waals surface area contributed by atoms with E-state index < -0.39 is 0 Å². The number of aryl methyl sites for hydroxylation is 1. The van der Waals surface area contributed by atoms with Crippen molar-refractivity contribution >= 4 is 11.6 Å². The fourth-order valence-corrected chi connectivity index (χ4v) is 2.24. The first-order valence-electron chi connectivity index (χ1n) is 6.84. The predicted octanol–water partition coefficient (Wildman–Crippen LogP) is 4.23. The highest BCUT2D eigenvalue weighted by Gasteiger charge is 2.19. The molecule has 0 unspecified atom stereocenters. The van der Waals surface area contributed by atoms with Crippen LogP contribution < -0.4 is 0 Å². The van der Waals surface area contributed by atoms with Crippen molar-refractivity contribution in [3.63, 3.8) is 0 Å². The summed E-state index contributed by atoms with van der Waals surface area (Å²) < 4.78 is 1.91. The number of pyridine rings is 1. The molecule has 0 bridgehead atoms. The highest BCUT2D eigenvalue weighted by Crippen LogP contribution is 2.25. The Balaban J connectivity index is 2.64. The number of hydrogen-bond acceptors (Lipinski definition) is 2. The minimum absolute atomic E-state index is 0.0119. The first kappa shape index (κ1) is 15.0. The van der Waals surface area contributed by atoms with Gasteiger partial charge in [0.1, 0.15) is 0 Å². The van der Waals surface area contributed by atoms with Crippen LogP contribution in [0.5, 0.6) is 0 Å². The van der Waals surface area contributed by atoms with E-state index in [4.69, 9.17) is 16.6 Å². The topological polar surface area (TPSA) is 30.7 Å². The fourth-order valence-electron chi connectivity index (χ4n) is 2.08. The molecule has 4 heteroatoms. The standard InChI is InChI=1S/C16H22ClN3/c1-10-11(2)19-20(12(10)3)15-8-13(9-17)7-14(18-15)16(4,5)6/h7-8H,9H2,1-6H3. The highest BCUT2D eigenvalue weighted by molar-refractivity contribution is 6.17. The Morgan fingerprint density at radius 1 is 1.15 bits per heavy atom. The molecule has 0 N–H and O–H groups in total. The summed E-state index contributed by atoms with van der Waals surface area (Å²) in [6.07, 6.45) is 0. The zero-order chi connectivity index (χ0) is 15.1. The summed E-state index contributed by atoms with van der Waals surface area (Å²) in [5.41, 5.74) is 5.48. The van der Waals surface area contributed by atoms with Crippen molar-refractivity contribution in [3.8, 4) is 5.82 Å². The lowest BCUT2D eigenvalue weighted by atomic mass is 9.91. The number of rotatable bonds is 2. The molecule has 0 aliphatic carbocycles. The molecule has 3 nitrogen and oxygen atoms in total. The molecular weight excluding hydrogens is 270 g/mol. The second kappa shape index (κ2) is 5.21. The Hall–Kier alpha value is -1.35. The first-order chi connectivity index (χ1) is 9.24. The van der Waals surface area contributed by atoms with Gasteiger partial charge in [-0.1, -0.05) is 20.8 Å². The van der Waals surface area contributed by atoms with E-state index in [1.807, 2.05) is 17.7 Å². The van der Waals surface area contributed by atoms with Crippen LogP contribution >= 0.6 is 11.6 Å². The van der Waals surface area contributed by atoms with E-state index in [1.54, 1.807) is 0 Å². The monoisotopic (exact) mass is 291 g/mol. The van der Waals surface area contributed by atoms with E-state index in [-0.39, 0.29) is 5.41 Å². The van der Waals surface area contributed by atoms with Crippen LogP contribution in [-0.4, -0.2) is 14.8 Å². The van der Waals surface area contributed by atoms with Crippen LogP contribution in [0.2, 0.25) is 0 Å². The predicted molar refractivity (Wildman–Crippen MR) is 83.8 cm³/mol. The Morgan fingerprint density at radius 2 is 1.80 bits per heavy atom. The third kappa shape index (κ3) is 2.73. The smallest absolute Gasteiger partial charge is 0.154 e. The number of nitrogens with zero attached hydrogens (tertiary/aromatic N) is 3. The van der Waals surface area contributed by atoms with Crippen molar-refractivity contribution in [2.75, 3.05) is 0 Å². The van der Waals surface area contributed by atoms with E-state index in [9.17, 15) is 0 Å². The van der Waals surface area contributed by atoms with Crippen molar-refractivity contribution in [2.45, 2.75) is 52.8 Å². The maximum atomic E-state index is 6.03. The van der Waals surface area contributed by atoms with Crippen LogP contribution in [0.15, 0.2) is 12.1 Å². The largest absolute Gasteiger partial charge is 0.233 e. The maximum Gasteiger partial charge on any atom is 0.154 e. The molecule has 2 aromatic rings. The van der Waals surface area contributed by atoms with Gasteiger partial charge in [-0.15, -0.1) is 11.6 Å². The summed E-state index contributed by atoms with van der Waals surface area (Å²) in [4.78, 5) is 4.78. The molecule has 0 spiro atoms. The van der Waals surface area contributed by atoms with Gasteiger partial charge in [0, 0.05) is 22.7 Å². The Labute approximate surface area is 126 Å². The summed E-state index contributed by atoms with van der Waals surface area (Å²) >= 11 is 6.03. The van der Waals surface area contributed by atoms with E-state index in [0.717, 1.165) is 28.5 Å². The second-order valence-corrected chi connectivity index (χ2v) is 6.58. The third-order valence-electron chi connectivity index (χ3n) is 3.66.